The van der Waals surface area contributed by atoms with E-state index in [1.807, 2.05) is 30.5 Å². The molecule has 4 heteroatoms. The zero-order valence-electron chi connectivity index (χ0n) is 11.8. The summed E-state index contributed by atoms with van der Waals surface area (Å²) in [5.41, 5.74) is 2.41. The van der Waals surface area contributed by atoms with Gasteiger partial charge in [0, 0.05) is 29.9 Å². The summed E-state index contributed by atoms with van der Waals surface area (Å²) in [6.07, 6.45) is 4.90. The number of benzene rings is 1. The fraction of sp³-hybridized carbons (Fsp3) is 0.353. The van der Waals surface area contributed by atoms with Crippen molar-refractivity contribution in [1.82, 2.24) is 10.3 Å². The highest BCUT2D eigenvalue weighted by Gasteiger charge is 2.27. The van der Waals surface area contributed by atoms with Gasteiger partial charge in [-0.05, 0) is 42.3 Å². The number of nitrogens with one attached hydrogen (secondary N) is 1. The van der Waals surface area contributed by atoms with Crippen molar-refractivity contribution < 1.29 is 4.74 Å². The van der Waals surface area contributed by atoms with E-state index in [0.717, 1.165) is 30.1 Å². The van der Waals surface area contributed by atoms with E-state index >= 15 is 0 Å². The van der Waals surface area contributed by atoms with Crippen molar-refractivity contribution in [2.24, 2.45) is 0 Å². The van der Waals surface area contributed by atoms with Crippen LogP contribution in [0.5, 0.6) is 0 Å². The lowest BCUT2D eigenvalue weighted by Crippen LogP contribution is -2.40. The summed E-state index contributed by atoms with van der Waals surface area (Å²) >= 11 is 5.98. The first kappa shape index (κ1) is 14.5. The number of aromatic nitrogens is 1. The van der Waals surface area contributed by atoms with Crippen molar-refractivity contribution in [1.29, 1.82) is 0 Å². The minimum Gasteiger partial charge on any atom is -0.372 e. The van der Waals surface area contributed by atoms with Crippen LogP contribution >= 0.6 is 11.6 Å². The van der Waals surface area contributed by atoms with Gasteiger partial charge in [0.1, 0.15) is 0 Å². The predicted octanol–water partition coefficient (Wildman–Crippen LogP) is 3.40. The normalized spacial score (nSPS) is 22.1. The molecule has 0 bridgehead atoms. The molecule has 1 aromatic heterocycles. The largest absolute Gasteiger partial charge is 0.372 e. The van der Waals surface area contributed by atoms with E-state index < -0.39 is 0 Å². The van der Waals surface area contributed by atoms with Crippen LogP contribution in [-0.4, -0.2) is 24.2 Å². The molecular weight excluding hydrogens is 284 g/mol. The molecular formula is C17H19ClN2O. The first-order chi connectivity index (χ1) is 10.3. The molecule has 0 amide bonds. The number of halogens is 1. The Balaban J connectivity index is 1.68. The molecule has 2 atom stereocenters. The number of nitrogens with zero attached hydrogens (tertiary/aromatic N) is 1. The lowest BCUT2D eigenvalue weighted by Gasteiger charge is -2.32. The Kier molecular flexibility index (Phi) is 4.86. The smallest absolute Gasteiger partial charge is 0.0772 e. The van der Waals surface area contributed by atoms with E-state index in [-0.39, 0.29) is 6.10 Å². The summed E-state index contributed by atoms with van der Waals surface area (Å²) in [6.45, 7) is 2.51. The molecule has 2 aromatic rings. The van der Waals surface area contributed by atoms with E-state index in [9.17, 15) is 0 Å². The van der Waals surface area contributed by atoms with Gasteiger partial charge in [0.2, 0.25) is 0 Å². The van der Waals surface area contributed by atoms with Crippen LogP contribution < -0.4 is 5.32 Å². The van der Waals surface area contributed by atoms with Crippen molar-refractivity contribution in [2.75, 3.05) is 13.1 Å². The van der Waals surface area contributed by atoms with Crippen LogP contribution in [0, 0.1) is 0 Å². The minimum absolute atomic E-state index is 0.181. The molecule has 1 aromatic carbocycles. The molecule has 0 aliphatic carbocycles. The van der Waals surface area contributed by atoms with Gasteiger partial charge in [0.05, 0.1) is 12.7 Å². The molecule has 2 heterocycles. The van der Waals surface area contributed by atoms with Gasteiger partial charge in [-0.25, -0.2) is 0 Å². The quantitative estimate of drug-likeness (QED) is 0.940. The van der Waals surface area contributed by atoms with Gasteiger partial charge >= 0.3 is 0 Å². The van der Waals surface area contributed by atoms with Crippen molar-refractivity contribution in [3.05, 3.63) is 64.9 Å². The molecule has 1 saturated heterocycles. The van der Waals surface area contributed by atoms with E-state index in [4.69, 9.17) is 16.3 Å². The van der Waals surface area contributed by atoms with Gasteiger partial charge in [-0.15, -0.1) is 0 Å². The van der Waals surface area contributed by atoms with Crippen molar-refractivity contribution >= 4 is 11.6 Å². The highest BCUT2D eigenvalue weighted by Crippen LogP contribution is 2.29. The Morgan fingerprint density at radius 2 is 2.10 bits per heavy atom. The summed E-state index contributed by atoms with van der Waals surface area (Å²) in [6, 6.07) is 12.1. The van der Waals surface area contributed by atoms with Crippen LogP contribution in [0.25, 0.3) is 0 Å². The molecule has 1 aliphatic heterocycles. The third kappa shape index (κ3) is 3.82. The first-order valence-electron chi connectivity index (χ1n) is 7.29. The Hall–Kier alpha value is -1.42. The molecule has 0 spiro atoms. The zero-order chi connectivity index (χ0) is 14.5. The van der Waals surface area contributed by atoms with Crippen LogP contribution in [0.1, 0.15) is 23.5 Å². The van der Waals surface area contributed by atoms with Crippen molar-refractivity contribution in [3.63, 3.8) is 0 Å². The third-order valence-corrected chi connectivity index (χ3v) is 4.16. The highest BCUT2D eigenvalue weighted by molar-refractivity contribution is 6.30. The number of hydrogen-bond acceptors (Lipinski definition) is 3. The number of piperidine rings is 1. The second-order valence-electron chi connectivity index (χ2n) is 5.36. The number of ether oxygens (including phenoxy) is 1. The predicted molar refractivity (Wildman–Crippen MR) is 84.5 cm³/mol. The van der Waals surface area contributed by atoms with Gasteiger partial charge < -0.3 is 10.1 Å². The van der Waals surface area contributed by atoms with Gasteiger partial charge in [-0.3, -0.25) is 4.98 Å². The number of hydrogen-bond donors (Lipinski definition) is 1. The molecule has 110 valence electrons. The van der Waals surface area contributed by atoms with Crippen LogP contribution in [0.3, 0.4) is 0 Å². The summed E-state index contributed by atoms with van der Waals surface area (Å²) < 4.78 is 6.13. The van der Waals surface area contributed by atoms with Crippen LogP contribution in [0.15, 0.2) is 48.8 Å². The van der Waals surface area contributed by atoms with Gasteiger partial charge in [-0.2, -0.15) is 0 Å². The summed E-state index contributed by atoms with van der Waals surface area (Å²) in [7, 11) is 0. The highest BCUT2D eigenvalue weighted by atomic mass is 35.5. The molecule has 21 heavy (non-hydrogen) atoms. The van der Waals surface area contributed by atoms with E-state index in [2.05, 4.69) is 22.4 Å². The second kappa shape index (κ2) is 7.03. The maximum absolute atomic E-state index is 6.13. The van der Waals surface area contributed by atoms with Gasteiger partial charge in [-0.1, -0.05) is 29.8 Å². The summed E-state index contributed by atoms with van der Waals surface area (Å²) in [5, 5.41) is 4.19. The zero-order valence-corrected chi connectivity index (χ0v) is 12.6. The molecule has 0 radical (unpaired) electrons. The average Bonchev–Trinajstić information content (AvgIpc) is 2.55. The maximum Gasteiger partial charge on any atom is 0.0772 e. The Morgan fingerprint density at radius 1 is 1.24 bits per heavy atom. The van der Waals surface area contributed by atoms with Gasteiger partial charge in [0.15, 0.2) is 0 Å². The Bertz CT molecular complexity index is 559. The average molecular weight is 303 g/mol. The molecule has 1 fully saturated rings. The monoisotopic (exact) mass is 302 g/mol. The van der Waals surface area contributed by atoms with Gasteiger partial charge in [0.25, 0.3) is 0 Å². The minimum atomic E-state index is 0.181. The summed E-state index contributed by atoms with van der Waals surface area (Å²) in [5.74, 6) is 0.417. The van der Waals surface area contributed by atoms with Crippen LogP contribution in [0.2, 0.25) is 5.02 Å². The molecule has 3 rings (SSSR count). The number of rotatable bonds is 4. The second-order valence-corrected chi connectivity index (χ2v) is 5.80. The van der Waals surface area contributed by atoms with E-state index in [1.54, 1.807) is 6.20 Å². The summed E-state index contributed by atoms with van der Waals surface area (Å²) in [4.78, 5) is 4.13. The molecule has 2 unspecified atom stereocenters. The van der Waals surface area contributed by atoms with Crippen molar-refractivity contribution in [3.8, 4) is 0 Å². The molecule has 1 aliphatic rings. The fourth-order valence-corrected chi connectivity index (χ4v) is 2.91. The lowest BCUT2D eigenvalue weighted by atomic mass is 9.88. The lowest BCUT2D eigenvalue weighted by molar-refractivity contribution is 0.0105. The van der Waals surface area contributed by atoms with E-state index in [1.165, 1.54) is 5.56 Å². The molecule has 0 saturated carbocycles. The maximum atomic E-state index is 6.13. The van der Waals surface area contributed by atoms with Crippen LogP contribution in [-0.2, 0) is 11.3 Å². The fourth-order valence-electron chi connectivity index (χ4n) is 2.78. The van der Waals surface area contributed by atoms with Crippen LogP contribution in [0.4, 0.5) is 0 Å². The standard InChI is InChI=1S/C17H19ClN2O/c18-15-5-3-14(4-6-15)16-7-9-20-11-17(16)21-12-13-2-1-8-19-10-13/h1-6,8,10,16-17,20H,7,9,11-12H2. The molecule has 3 nitrogen and oxygen atoms in total. The third-order valence-electron chi connectivity index (χ3n) is 3.91. The Labute approximate surface area is 130 Å². The topological polar surface area (TPSA) is 34.1 Å². The van der Waals surface area contributed by atoms with E-state index in [0.29, 0.717) is 12.5 Å². The number of pyridine rings is 1. The SMILES string of the molecule is Clc1ccc(C2CCNCC2OCc2cccnc2)cc1. The first-order valence-corrected chi connectivity index (χ1v) is 7.67. The van der Waals surface area contributed by atoms with Crippen molar-refractivity contribution in [2.45, 2.75) is 25.0 Å². The Morgan fingerprint density at radius 3 is 2.86 bits per heavy atom. The molecule has 1 N–H and O–H groups in total.